The number of nitrogens with one attached hydrogen (secondary N) is 1. The maximum Gasteiger partial charge on any atom is 0.256 e. The highest BCUT2D eigenvalue weighted by Gasteiger charge is 2.54. The van der Waals surface area contributed by atoms with Gasteiger partial charge in [-0.3, -0.25) is 24.3 Å². The van der Waals surface area contributed by atoms with E-state index in [1.54, 1.807) is 83.9 Å². The number of amides is 3. The highest BCUT2D eigenvalue weighted by atomic mass is 16.5. The van der Waals surface area contributed by atoms with Crippen molar-refractivity contribution in [2.75, 3.05) is 26.8 Å². The molecule has 0 saturated carbocycles. The Hall–Kier alpha value is -4.24. The third-order valence-corrected chi connectivity index (χ3v) is 7.16. The Morgan fingerprint density at radius 1 is 0.974 bits per heavy atom. The molecule has 9 heteroatoms. The summed E-state index contributed by atoms with van der Waals surface area (Å²) in [6, 6.07) is 18.8. The fourth-order valence-corrected chi connectivity index (χ4v) is 5.07. The van der Waals surface area contributed by atoms with Crippen LogP contribution < -0.4 is 10.1 Å². The molecule has 2 fully saturated rings. The van der Waals surface area contributed by atoms with Crippen LogP contribution in [-0.2, 0) is 16.1 Å². The van der Waals surface area contributed by atoms with Gasteiger partial charge in [0.25, 0.3) is 11.8 Å². The van der Waals surface area contributed by atoms with Crippen LogP contribution in [0, 0.1) is 0 Å². The highest BCUT2D eigenvalue weighted by Crippen LogP contribution is 2.39. The van der Waals surface area contributed by atoms with Crippen LogP contribution in [0.4, 0.5) is 0 Å². The smallest absolute Gasteiger partial charge is 0.256 e. The van der Waals surface area contributed by atoms with Crippen LogP contribution in [0.15, 0.2) is 79.1 Å². The lowest BCUT2D eigenvalue weighted by Gasteiger charge is -2.44. The Morgan fingerprint density at radius 2 is 1.68 bits per heavy atom. The van der Waals surface area contributed by atoms with E-state index in [0.29, 0.717) is 49.4 Å². The first-order valence-electron chi connectivity index (χ1n) is 12.6. The summed E-state index contributed by atoms with van der Waals surface area (Å²) in [6.07, 6.45) is 4.17. The minimum absolute atomic E-state index is 0.0872. The molecule has 3 aromatic rings. The van der Waals surface area contributed by atoms with E-state index in [1.807, 2.05) is 12.1 Å². The van der Waals surface area contributed by atoms with E-state index in [0.717, 1.165) is 5.56 Å². The number of rotatable bonds is 6. The van der Waals surface area contributed by atoms with Crippen LogP contribution in [0.1, 0.15) is 39.1 Å². The number of methoxy groups -OCH3 is 1. The average molecular weight is 515 g/mol. The molecule has 1 N–H and O–H groups in total. The molecule has 3 heterocycles. The van der Waals surface area contributed by atoms with Gasteiger partial charge in [0.1, 0.15) is 17.5 Å². The number of ether oxygens (including phenoxy) is 2. The van der Waals surface area contributed by atoms with E-state index in [-0.39, 0.29) is 24.3 Å². The number of carbonyl (C=O) groups is 3. The summed E-state index contributed by atoms with van der Waals surface area (Å²) in [7, 11) is 1.58. The standard InChI is InChI=1S/C29H30N4O5/c1-37-24-11-9-23(10-12-24)27(35)32-16-13-29(14-17-32)33(28(36)22-7-3-2-4-8-22)25(20-38-29)26(34)31-19-21-6-5-15-30-18-21/h2-12,15,18,25H,13-14,16-17,19-20H2,1H3,(H,31,34)/t25-/m0/s1. The van der Waals surface area contributed by atoms with Crippen LogP contribution in [0.2, 0.25) is 0 Å². The second-order valence-electron chi connectivity index (χ2n) is 9.41. The van der Waals surface area contributed by atoms with Gasteiger partial charge in [-0.2, -0.15) is 0 Å². The molecule has 1 aromatic heterocycles. The maximum atomic E-state index is 13.8. The molecular weight excluding hydrogens is 484 g/mol. The van der Waals surface area contributed by atoms with Gasteiger partial charge in [-0.1, -0.05) is 24.3 Å². The zero-order valence-electron chi connectivity index (χ0n) is 21.2. The predicted octanol–water partition coefficient (Wildman–Crippen LogP) is 2.88. The number of benzene rings is 2. The molecule has 3 amide bonds. The van der Waals surface area contributed by atoms with Crippen LogP contribution in [-0.4, -0.2) is 71.1 Å². The van der Waals surface area contributed by atoms with Crippen molar-refractivity contribution in [2.24, 2.45) is 0 Å². The van der Waals surface area contributed by atoms with Gasteiger partial charge >= 0.3 is 0 Å². The van der Waals surface area contributed by atoms with Crippen LogP contribution in [0.3, 0.4) is 0 Å². The van der Waals surface area contributed by atoms with Gasteiger partial charge < -0.3 is 19.7 Å². The lowest BCUT2D eigenvalue weighted by atomic mass is 9.96. The highest BCUT2D eigenvalue weighted by molar-refractivity contribution is 5.98. The Bertz CT molecular complexity index is 1280. The lowest BCUT2D eigenvalue weighted by Crippen LogP contribution is -2.59. The van der Waals surface area contributed by atoms with Gasteiger partial charge in [-0.15, -0.1) is 0 Å². The molecular formula is C29H30N4O5. The largest absolute Gasteiger partial charge is 0.497 e. The normalized spacial score (nSPS) is 18.3. The summed E-state index contributed by atoms with van der Waals surface area (Å²) in [5.74, 6) is 0.0416. The Kier molecular flexibility index (Phi) is 7.37. The molecule has 38 heavy (non-hydrogen) atoms. The van der Waals surface area contributed by atoms with E-state index in [2.05, 4.69) is 10.3 Å². The van der Waals surface area contributed by atoms with E-state index in [9.17, 15) is 14.4 Å². The van der Waals surface area contributed by atoms with E-state index < -0.39 is 11.8 Å². The number of carbonyl (C=O) groups excluding carboxylic acids is 3. The Morgan fingerprint density at radius 3 is 2.34 bits per heavy atom. The van der Waals surface area contributed by atoms with E-state index in [1.165, 1.54) is 0 Å². The minimum Gasteiger partial charge on any atom is -0.497 e. The molecule has 0 bridgehead atoms. The number of hydrogen-bond donors (Lipinski definition) is 1. The molecule has 1 spiro atoms. The quantitative estimate of drug-likeness (QED) is 0.543. The van der Waals surface area contributed by atoms with Crippen molar-refractivity contribution in [1.82, 2.24) is 20.1 Å². The molecule has 2 aliphatic rings. The molecule has 196 valence electrons. The van der Waals surface area contributed by atoms with Gasteiger partial charge in [0.15, 0.2) is 0 Å². The second-order valence-corrected chi connectivity index (χ2v) is 9.41. The minimum atomic E-state index is -0.972. The zero-order chi connectivity index (χ0) is 26.5. The number of nitrogens with zero attached hydrogens (tertiary/aromatic N) is 3. The van der Waals surface area contributed by atoms with Gasteiger partial charge in [0.2, 0.25) is 5.91 Å². The van der Waals surface area contributed by atoms with Crippen LogP contribution in [0.5, 0.6) is 5.75 Å². The number of likely N-dealkylation sites (tertiary alicyclic amines) is 1. The molecule has 9 nitrogen and oxygen atoms in total. The first-order chi connectivity index (χ1) is 18.5. The second kappa shape index (κ2) is 11.0. The molecule has 0 aliphatic carbocycles. The fraction of sp³-hybridized carbons (Fsp3) is 0.310. The first kappa shape index (κ1) is 25.4. The van der Waals surface area contributed by atoms with Gasteiger partial charge in [-0.25, -0.2) is 0 Å². The van der Waals surface area contributed by atoms with Crippen molar-refractivity contribution < 1.29 is 23.9 Å². The number of pyridine rings is 1. The summed E-state index contributed by atoms with van der Waals surface area (Å²) in [5.41, 5.74) is 0.943. The molecule has 2 aliphatic heterocycles. The van der Waals surface area contributed by atoms with Gasteiger partial charge in [0.05, 0.1) is 13.7 Å². The Balaban J connectivity index is 1.33. The Labute approximate surface area is 221 Å². The average Bonchev–Trinajstić information content (AvgIpc) is 3.35. The van der Waals surface area contributed by atoms with E-state index in [4.69, 9.17) is 9.47 Å². The van der Waals surface area contributed by atoms with Crippen molar-refractivity contribution in [3.63, 3.8) is 0 Å². The molecule has 0 radical (unpaired) electrons. The topological polar surface area (TPSA) is 101 Å². The van der Waals surface area contributed by atoms with Crippen molar-refractivity contribution in [3.05, 3.63) is 95.8 Å². The summed E-state index contributed by atoms with van der Waals surface area (Å²) in [5, 5.41) is 2.93. The first-order valence-corrected chi connectivity index (χ1v) is 12.6. The van der Waals surface area contributed by atoms with Crippen molar-refractivity contribution in [2.45, 2.75) is 31.2 Å². The number of aromatic nitrogens is 1. The van der Waals surface area contributed by atoms with E-state index >= 15 is 0 Å². The van der Waals surface area contributed by atoms with Gasteiger partial charge in [0, 0.05) is 56.0 Å². The summed E-state index contributed by atoms with van der Waals surface area (Å²) < 4.78 is 11.4. The molecule has 2 saturated heterocycles. The van der Waals surface area contributed by atoms with Crippen molar-refractivity contribution in [1.29, 1.82) is 0 Å². The monoisotopic (exact) mass is 514 g/mol. The summed E-state index contributed by atoms with van der Waals surface area (Å²) in [4.78, 5) is 47.7. The maximum absolute atomic E-state index is 13.8. The fourth-order valence-electron chi connectivity index (χ4n) is 5.07. The molecule has 2 aromatic carbocycles. The summed E-state index contributed by atoms with van der Waals surface area (Å²) >= 11 is 0. The SMILES string of the molecule is COc1ccc(C(=O)N2CCC3(CC2)OC[C@@H](C(=O)NCc2cccnc2)N3C(=O)c2ccccc2)cc1. The van der Waals surface area contributed by atoms with Crippen molar-refractivity contribution in [3.8, 4) is 5.75 Å². The molecule has 5 rings (SSSR count). The van der Waals surface area contributed by atoms with Crippen LogP contribution >= 0.6 is 0 Å². The lowest BCUT2D eigenvalue weighted by molar-refractivity contribution is -0.128. The third kappa shape index (κ3) is 5.10. The van der Waals surface area contributed by atoms with Crippen LogP contribution in [0.25, 0.3) is 0 Å². The third-order valence-electron chi connectivity index (χ3n) is 7.16. The molecule has 1 atom stereocenters. The molecule has 0 unspecified atom stereocenters. The predicted molar refractivity (Wildman–Crippen MR) is 139 cm³/mol. The number of piperidine rings is 1. The number of hydrogen-bond acceptors (Lipinski definition) is 6. The zero-order valence-corrected chi connectivity index (χ0v) is 21.2. The van der Waals surface area contributed by atoms with Crippen molar-refractivity contribution >= 4 is 17.7 Å². The summed E-state index contributed by atoms with van der Waals surface area (Å²) in [6.45, 7) is 1.18. The van der Waals surface area contributed by atoms with Gasteiger partial charge in [-0.05, 0) is 48.0 Å².